The second-order valence-electron chi connectivity index (χ2n) is 8.36. The van der Waals surface area contributed by atoms with Crippen LogP contribution in [-0.4, -0.2) is 45.4 Å². The smallest absolute Gasteiger partial charge is 0.338 e. The van der Waals surface area contributed by atoms with Crippen LogP contribution in [0, 0.1) is 5.92 Å². The highest BCUT2D eigenvalue weighted by Crippen LogP contribution is 2.41. The van der Waals surface area contributed by atoms with Crippen LogP contribution in [0.5, 0.6) is 0 Å². The molecule has 4 atom stereocenters. The Balaban J connectivity index is 1.40. The molecule has 1 aliphatic heterocycles. The van der Waals surface area contributed by atoms with Crippen molar-refractivity contribution in [1.82, 2.24) is 14.6 Å². The topological polar surface area (TPSA) is 118 Å². The van der Waals surface area contributed by atoms with Gasteiger partial charge >= 0.3 is 11.9 Å². The van der Waals surface area contributed by atoms with E-state index in [4.69, 9.17) is 19.9 Å². The van der Waals surface area contributed by atoms with Crippen LogP contribution in [0.15, 0.2) is 79.1 Å². The molecule has 2 aromatic heterocycles. The van der Waals surface area contributed by atoms with Gasteiger partial charge in [-0.2, -0.15) is 5.10 Å². The van der Waals surface area contributed by atoms with Gasteiger partial charge in [0, 0.05) is 5.92 Å². The maximum absolute atomic E-state index is 12.9. The predicted molar refractivity (Wildman–Crippen MR) is 127 cm³/mol. The van der Waals surface area contributed by atoms with Gasteiger partial charge in [0.15, 0.2) is 5.82 Å². The number of carbonyl (C=O) groups excluding carboxylic acids is 2. The van der Waals surface area contributed by atoms with Gasteiger partial charge in [-0.25, -0.2) is 19.1 Å². The van der Waals surface area contributed by atoms with Gasteiger partial charge in [-0.15, -0.1) is 0 Å². The number of carbonyl (C=O) groups is 2. The van der Waals surface area contributed by atoms with Crippen molar-refractivity contribution in [3.8, 4) is 0 Å². The summed E-state index contributed by atoms with van der Waals surface area (Å²) in [5.74, 6) is -0.876. The Morgan fingerprint density at radius 3 is 2.31 bits per heavy atom. The lowest BCUT2D eigenvalue weighted by atomic mass is 9.96. The molecule has 0 spiro atoms. The number of fused-ring (bicyclic) bond motifs is 1. The number of nitrogens with two attached hydrogens (primary N) is 1. The van der Waals surface area contributed by atoms with Gasteiger partial charge in [-0.05, 0) is 36.4 Å². The summed E-state index contributed by atoms with van der Waals surface area (Å²) in [6.07, 6.45) is -0.459. The van der Waals surface area contributed by atoms with Crippen molar-refractivity contribution >= 4 is 23.3 Å². The minimum atomic E-state index is -0.681. The first-order valence-electron chi connectivity index (χ1n) is 11.2. The summed E-state index contributed by atoms with van der Waals surface area (Å²) in [5, 5.41) is 4.31. The molecule has 0 aliphatic carbocycles. The summed E-state index contributed by atoms with van der Waals surface area (Å²) in [6, 6.07) is 21.1. The number of nitrogens with zero attached hydrogens (tertiary/aromatic N) is 3. The molecule has 2 aromatic carbocycles. The second-order valence-corrected chi connectivity index (χ2v) is 8.36. The molecule has 4 aromatic rings. The Morgan fingerprint density at radius 1 is 0.971 bits per heavy atom. The van der Waals surface area contributed by atoms with Gasteiger partial charge in [0.25, 0.3) is 0 Å². The van der Waals surface area contributed by atoms with Crippen molar-refractivity contribution < 1.29 is 23.8 Å². The summed E-state index contributed by atoms with van der Waals surface area (Å²) in [7, 11) is 0. The average molecular weight is 473 g/mol. The Hall–Kier alpha value is -4.24. The van der Waals surface area contributed by atoms with Crippen LogP contribution in [0.25, 0.3) is 5.52 Å². The van der Waals surface area contributed by atoms with E-state index >= 15 is 0 Å². The molecule has 5 rings (SSSR count). The van der Waals surface area contributed by atoms with Crippen LogP contribution in [0.4, 0.5) is 5.82 Å². The van der Waals surface area contributed by atoms with E-state index in [1.54, 1.807) is 53.0 Å². The molecule has 0 bridgehead atoms. The van der Waals surface area contributed by atoms with Gasteiger partial charge < -0.3 is 19.9 Å². The number of esters is 2. The number of anilines is 1. The Labute approximate surface area is 201 Å². The summed E-state index contributed by atoms with van der Waals surface area (Å²) >= 11 is 0. The molecule has 1 fully saturated rings. The Bertz CT molecular complexity index is 1340. The zero-order chi connectivity index (χ0) is 24.4. The third-order valence-corrected chi connectivity index (χ3v) is 6.13. The molecule has 0 saturated carbocycles. The van der Waals surface area contributed by atoms with E-state index in [9.17, 15) is 9.59 Å². The average Bonchev–Trinajstić information content (AvgIpc) is 3.45. The van der Waals surface area contributed by atoms with E-state index in [1.165, 1.54) is 6.33 Å². The first kappa shape index (κ1) is 22.5. The third kappa shape index (κ3) is 4.45. The maximum Gasteiger partial charge on any atom is 0.338 e. The van der Waals surface area contributed by atoms with E-state index < -0.39 is 30.3 Å². The molecule has 35 heavy (non-hydrogen) atoms. The third-order valence-electron chi connectivity index (χ3n) is 6.13. The number of rotatable bonds is 6. The molecular formula is C26H24N4O5. The largest absolute Gasteiger partial charge is 0.459 e. The number of hydrogen-bond donors (Lipinski definition) is 1. The quantitative estimate of drug-likeness (QED) is 0.424. The van der Waals surface area contributed by atoms with E-state index in [0.29, 0.717) is 22.5 Å². The first-order chi connectivity index (χ1) is 17.0. The Morgan fingerprint density at radius 2 is 1.63 bits per heavy atom. The fraction of sp³-hybridized carbons (Fsp3) is 0.231. The predicted octanol–water partition coefficient (Wildman–Crippen LogP) is 3.47. The Kier molecular flexibility index (Phi) is 6.15. The van der Waals surface area contributed by atoms with Crippen LogP contribution in [0.2, 0.25) is 0 Å². The molecule has 0 radical (unpaired) electrons. The highest BCUT2D eigenvalue weighted by molar-refractivity contribution is 5.90. The summed E-state index contributed by atoms with van der Waals surface area (Å²) in [5.41, 5.74) is 8.22. The molecule has 9 heteroatoms. The highest BCUT2D eigenvalue weighted by Gasteiger charge is 2.47. The van der Waals surface area contributed by atoms with E-state index in [-0.39, 0.29) is 12.5 Å². The van der Waals surface area contributed by atoms with Crippen molar-refractivity contribution in [3.63, 3.8) is 0 Å². The lowest BCUT2D eigenvalue weighted by Crippen LogP contribution is -2.35. The van der Waals surface area contributed by atoms with Gasteiger partial charge in [0.2, 0.25) is 0 Å². The SMILES string of the molecule is CC1C(c2ccc3c(N)ncnn23)OC(COC(=O)c2ccccc2)C1OC(=O)c1ccccc1. The molecular weight excluding hydrogens is 448 g/mol. The van der Waals surface area contributed by atoms with Crippen molar-refractivity contribution in [1.29, 1.82) is 0 Å². The molecule has 4 unspecified atom stereocenters. The van der Waals surface area contributed by atoms with E-state index in [2.05, 4.69) is 10.1 Å². The van der Waals surface area contributed by atoms with Gasteiger partial charge in [0.1, 0.15) is 36.8 Å². The lowest BCUT2D eigenvalue weighted by molar-refractivity contribution is -0.0437. The zero-order valence-corrected chi connectivity index (χ0v) is 19.0. The lowest BCUT2D eigenvalue weighted by Gasteiger charge is -2.21. The molecule has 0 amide bonds. The van der Waals surface area contributed by atoms with Crippen molar-refractivity contribution in [2.24, 2.45) is 5.92 Å². The van der Waals surface area contributed by atoms with Crippen LogP contribution in [0.3, 0.4) is 0 Å². The minimum absolute atomic E-state index is 0.0816. The number of nitrogen functional groups attached to an aromatic ring is 1. The number of hydrogen-bond acceptors (Lipinski definition) is 8. The number of aromatic nitrogens is 3. The molecule has 178 valence electrons. The van der Waals surface area contributed by atoms with E-state index in [1.807, 2.05) is 31.2 Å². The fourth-order valence-corrected chi connectivity index (χ4v) is 4.33. The normalized spacial score (nSPS) is 21.6. The zero-order valence-electron chi connectivity index (χ0n) is 19.0. The summed E-state index contributed by atoms with van der Waals surface area (Å²) in [4.78, 5) is 29.4. The van der Waals surface area contributed by atoms with Crippen LogP contribution >= 0.6 is 0 Å². The second kappa shape index (κ2) is 9.55. The van der Waals surface area contributed by atoms with Crippen LogP contribution in [-0.2, 0) is 14.2 Å². The molecule has 2 N–H and O–H groups in total. The van der Waals surface area contributed by atoms with Crippen molar-refractivity contribution in [3.05, 3.63) is 95.9 Å². The highest BCUT2D eigenvalue weighted by atomic mass is 16.6. The monoisotopic (exact) mass is 472 g/mol. The summed E-state index contributed by atoms with van der Waals surface area (Å²) in [6.45, 7) is 1.85. The molecule has 9 nitrogen and oxygen atoms in total. The van der Waals surface area contributed by atoms with Crippen molar-refractivity contribution in [2.45, 2.75) is 25.2 Å². The van der Waals surface area contributed by atoms with Crippen LogP contribution in [0.1, 0.15) is 39.4 Å². The minimum Gasteiger partial charge on any atom is -0.459 e. The van der Waals surface area contributed by atoms with Gasteiger partial charge in [-0.1, -0.05) is 43.3 Å². The summed E-state index contributed by atoms with van der Waals surface area (Å²) < 4.78 is 19.4. The number of benzene rings is 2. The maximum atomic E-state index is 12.9. The first-order valence-corrected chi connectivity index (χ1v) is 11.2. The number of ether oxygens (including phenoxy) is 3. The van der Waals surface area contributed by atoms with Crippen molar-refractivity contribution in [2.75, 3.05) is 12.3 Å². The van der Waals surface area contributed by atoms with Gasteiger partial charge in [0.05, 0.1) is 16.8 Å². The molecule has 1 saturated heterocycles. The fourth-order valence-electron chi connectivity index (χ4n) is 4.33. The van der Waals surface area contributed by atoms with Crippen LogP contribution < -0.4 is 5.73 Å². The van der Waals surface area contributed by atoms with E-state index in [0.717, 1.165) is 5.69 Å². The van der Waals surface area contributed by atoms with Gasteiger partial charge in [-0.3, -0.25) is 0 Å². The standard InChI is InChI=1S/C26H24N4O5/c1-16-22(19-12-13-20-24(27)28-15-29-30(19)20)34-21(14-33-25(31)17-8-4-2-5-9-17)23(16)35-26(32)18-10-6-3-7-11-18/h2-13,15-16,21-23H,14H2,1H3,(H2,27,28,29). The molecule has 3 heterocycles. The molecule has 1 aliphatic rings.